The number of rotatable bonds is 2. The van der Waals surface area contributed by atoms with Gasteiger partial charge in [-0.15, -0.1) is 0 Å². The molecule has 2 amide bonds. The summed E-state index contributed by atoms with van der Waals surface area (Å²) in [5, 5.41) is 12.9. The predicted octanol–water partition coefficient (Wildman–Crippen LogP) is -0.0324. The SMILES string of the molecule is CC12C[C@H](O)C3(CC4CC4)OC13[C@@H]1C(=O)NC(=O)[C@@H]12. The molecule has 2 aliphatic heterocycles. The molecule has 1 spiro atoms. The van der Waals surface area contributed by atoms with Gasteiger partial charge in [-0.25, -0.2) is 0 Å². The van der Waals surface area contributed by atoms with Gasteiger partial charge in [0.1, 0.15) is 11.2 Å². The zero-order valence-corrected chi connectivity index (χ0v) is 10.8. The van der Waals surface area contributed by atoms with Crippen molar-refractivity contribution in [2.75, 3.05) is 0 Å². The molecule has 5 heteroatoms. The summed E-state index contributed by atoms with van der Waals surface area (Å²) in [4.78, 5) is 24.0. The number of aliphatic hydroxyl groups excluding tert-OH is 1. The number of fused-ring (bicyclic) bond motifs is 2. The number of nitrogens with one attached hydrogen (secondary N) is 1. The molecule has 2 heterocycles. The lowest BCUT2D eigenvalue weighted by Gasteiger charge is -2.51. The van der Waals surface area contributed by atoms with Crippen LogP contribution < -0.4 is 5.32 Å². The second-order valence-electron chi connectivity index (χ2n) is 7.32. The Hall–Kier alpha value is -0.940. The fourth-order valence-electron chi connectivity index (χ4n) is 5.58. The Kier molecular flexibility index (Phi) is 1.48. The van der Waals surface area contributed by atoms with E-state index in [0.717, 1.165) is 6.42 Å². The molecule has 2 N–H and O–H groups in total. The molecule has 0 aromatic rings. The Morgan fingerprint density at radius 3 is 2.68 bits per heavy atom. The number of carbonyl (C=O) groups is 2. The van der Waals surface area contributed by atoms with Gasteiger partial charge < -0.3 is 9.84 Å². The van der Waals surface area contributed by atoms with E-state index in [2.05, 4.69) is 5.32 Å². The van der Waals surface area contributed by atoms with Gasteiger partial charge in [0.05, 0.1) is 17.9 Å². The summed E-state index contributed by atoms with van der Waals surface area (Å²) in [5.41, 5.74) is -1.45. The highest BCUT2D eigenvalue weighted by atomic mass is 16.7. The molecule has 2 saturated heterocycles. The summed E-state index contributed by atoms with van der Waals surface area (Å²) >= 11 is 0. The topological polar surface area (TPSA) is 78.9 Å². The average molecular weight is 263 g/mol. The molecule has 5 aliphatic rings. The molecule has 5 nitrogen and oxygen atoms in total. The number of aliphatic hydroxyl groups is 1. The van der Waals surface area contributed by atoms with Crippen molar-refractivity contribution in [3.8, 4) is 0 Å². The lowest BCUT2D eigenvalue weighted by atomic mass is 9.47. The van der Waals surface area contributed by atoms with Crippen molar-refractivity contribution >= 4 is 11.8 Å². The summed E-state index contributed by atoms with van der Waals surface area (Å²) < 4.78 is 6.06. The first-order chi connectivity index (χ1) is 8.96. The van der Waals surface area contributed by atoms with E-state index < -0.39 is 17.3 Å². The van der Waals surface area contributed by atoms with Crippen LogP contribution in [-0.2, 0) is 14.3 Å². The number of hydrogen-bond acceptors (Lipinski definition) is 4. The van der Waals surface area contributed by atoms with Crippen LogP contribution in [0.15, 0.2) is 0 Å². The van der Waals surface area contributed by atoms with Crippen molar-refractivity contribution in [1.82, 2.24) is 5.32 Å². The summed E-state index contributed by atoms with van der Waals surface area (Å²) in [6, 6.07) is 0. The van der Waals surface area contributed by atoms with Crippen molar-refractivity contribution in [2.45, 2.75) is 49.9 Å². The van der Waals surface area contributed by atoms with Crippen LogP contribution in [-0.4, -0.2) is 34.2 Å². The monoisotopic (exact) mass is 263 g/mol. The maximum atomic E-state index is 12.0. The normalized spacial score (nSPS) is 61.1. The summed E-state index contributed by atoms with van der Waals surface area (Å²) in [7, 11) is 0. The van der Waals surface area contributed by atoms with Crippen LogP contribution in [0.2, 0.25) is 0 Å². The summed E-state index contributed by atoms with van der Waals surface area (Å²) in [5.74, 6) is -0.387. The van der Waals surface area contributed by atoms with Crippen molar-refractivity contribution in [3.63, 3.8) is 0 Å². The minimum atomic E-state index is -0.553. The average Bonchev–Trinajstić information content (AvgIpc) is 3.20. The highest BCUT2D eigenvalue weighted by Crippen LogP contribution is 2.84. The molecule has 5 rings (SSSR count). The third-order valence-electron chi connectivity index (χ3n) is 6.49. The number of ether oxygens (including phenoxy) is 1. The fraction of sp³-hybridized carbons (Fsp3) is 0.857. The van der Waals surface area contributed by atoms with Gasteiger partial charge in [0.15, 0.2) is 0 Å². The van der Waals surface area contributed by atoms with E-state index in [1.54, 1.807) is 0 Å². The van der Waals surface area contributed by atoms with Crippen LogP contribution in [0.3, 0.4) is 0 Å². The van der Waals surface area contributed by atoms with Gasteiger partial charge in [-0.1, -0.05) is 19.8 Å². The van der Waals surface area contributed by atoms with Crippen molar-refractivity contribution in [3.05, 3.63) is 0 Å². The second-order valence-corrected chi connectivity index (χ2v) is 7.32. The maximum Gasteiger partial charge on any atom is 0.233 e. The molecule has 3 unspecified atom stereocenters. The van der Waals surface area contributed by atoms with Gasteiger partial charge in [-0.3, -0.25) is 14.9 Å². The van der Waals surface area contributed by atoms with Gasteiger partial charge >= 0.3 is 0 Å². The van der Waals surface area contributed by atoms with Crippen LogP contribution >= 0.6 is 0 Å². The lowest BCUT2D eigenvalue weighted by molar-refractivity contribution is -0.160. The smallest absolute Gasteiger partial charge is 0.233 e. The third-order valence-corrected chi connectivity index (χ3v) is 6.49. The first-order valence-corrected chi connectivity index (χ1v) is 7.19. The molecule has 0 radical (unpaired) electrons. The van der Waals surface area contributed by atoms with Gasteiger partial charge in [0.25, 0.3) is 0 Å². The van der Waals surface area contributed by atoms with Crippen LogP contribution in [0.4, 0.5) is 0 Å². The van der Waals surface area contributed by atoms with Crippen LogP contribution in [0.5, 0.6) is 0 Å². The molecule has 0 aromatic heterocycles. The molecule has 5 fully saturated rings. The summed E-state index contributed by atoms with van der Waals surface area (Å²) in [6.45, 7) is 2.01. The van der Waals surface area contributed by atoms with E-state index in [1.807, 2.05) is 6.92 Å². The zero-order chi connectivity index (χ0) is 13.2. The number of hydrogen-bond donors (Lipinski definition) is 2. The first-order valence-electron chi connectivity index (χ1n) is 7.19. The Morgan fingerprint density at radius 1 is 1.32 bits per heavy atom. The van der Waals surface area contributed by atoms with Gasteiger partial charge in [-0.2, -0.15) is 0 Å². The molecule has 6 atom stereocenters. The van der Waals surface area contributed by atoms with Crippen LogP contribution in [0.25, 0.3) is 0 Å². The number of carbonyl (C=O) groups excluding carboxylic acids is 2. The van der Waals surface area contributed by atoms with E-state index in [4.69, 9.17) is 4.74 Å². The van der Waals surface area contributed by atoms with Crippen molar-refractivity contribution in [1.29, 1.82) is 0 Å². The van der Waals surface area contributed by atoms with Gasteiger partial charge in [0.2, 0.25) is 11.8 Å². The van der Waals surface area contributed by atoms with E-state index in [0.29, 0.717) is 12.3 Å². The largest absolute Gasteiger partial charge is 0.390 e. The van der Waals surface area contributed by atoms with Gasteiger partial charge in [0, 0.05) is 5.41 Å². The van der Waals surface area contributed by atoms with Crippen LogP contribution in [0.1, 0.15) is 32.6 Å². The Balaban J connectivity index is 1.61. The number of imide groups is 1. The number of amides is 2. The Morgan fingerprint density at radius 2 is 2.00 bits per heavy atom. The maximum absolute atomic E-state index is 12.0. The highest BCUT2D eigenvalue weighted by molar-refractivity contribution is 6.09. The second kappa shape index (κ2) is 2.61. The molecule has 3 saturated carbocycles. The van der Waals surface area contributed by atoms with E-state index in [1.165, 1.54) is 12.8 Å². The van der Waals surface area contributed by atoms with E-state index >= 15 is 0 Å². The van der Waals surface area contributed by atoms with Crippen molar-refractivity contribution in [2.24, 2.45) is 23.2 Å². The summed E-state index contributed by atoms with van der Waals surface area (Å²) in [6.07, 6.45) is 3.31. The molecule has 102 valence electrons. The third kappa shape index (κ3) is 0.835. The zero-order valence-electron chi connectivity index (χ0n) is 10.8. The molecule has 3 aliphatic carbocycles. The Labute approximate surface area is 110 Å². The molecular formula is C14H17NO4. The predicted molar refractivity (Wildman–Crippen MR) is 62.7 cm³/mol. The lowest BCUT2D eigenvalue weighted by Crippen LogP contribution is -2.63. The minimum absolute atomic E-state index is 0.173. The molecular weight excluding hydrogens is 246 g/mol. The molecule has 0 aromatic carbocycles. The van der Waals surface area contributed by atoms with Crippen LogP contribution in [0, 0.1) is 23.2 Å². The van der Waals surface area contributed by atoms with E-state index in [-0.39, 0.29) is 29.1 Å². The Bertz CT molecular complexity index is 544. The van der Waals surface area contributed by atoms with Crippen molar-refractivity contribution < 1.29 is 19.4 Å². The number of epoxide rings is 1. The first kappa shape index (κ1) is 10.8. The fourth-order valence-corrected chi connectivity index (χ4v) is 5.58. The minimum Gasteiger partial charge on any atom is -0.390 e. The van der Waals surface area contributed by atoms with E-state index in [9.17, 15) is 14.7 Å². The standard InChI is InChI=1S/C14H17NO4/c1-12-5-7(16)13(4-6-2-3-6)14(12,19-13)9-8(12)10(17)15-11(9)18/h6-9,16H,2-5H2,1H3,(H,15,17,18)/t7-,8+,9-,12?,13?,14?/m0/s1. The highest BCUT2D eigenvalue weighted by Gasteiger charge is 2.97. The quantitative estimate of drug-likeness (QED) is 0.541. The molecule has 0 bridgehead atoms. The molecule has 19 heavy (non-hydrogen) atoms. The van der Waals surface area contributed by atoms with Gasteiger partial charge in [-0.05, 0) is 18.8 Å².